The summed E-state index contributed by atoms with van der Waals surface area (Å²) in [5, 5.41) is 9.14. The van der Waals surface area contributed by atoms with Crippen molar-refractivity contribution in [3.63, 3.8) is 0 Å². The van der Waals surface area contributed by atoms with Crippen LogP contribution in [0.4, 0.5) is 0 Å². The van der Waals surface area contributed by atoms with Gasteiger partial charge in [-0.1, -0.05) is 36.4 Å². The Balaban J connectivity index is 1.89. The minimum Gasteiger partial charge on any atom is -0.493 e. The summed E-state index contributed by atoms with van der Waals surface area (Å²) in [6, 6.07) is 18.3. The van der Waals surface area contributed by atoms with Crippen LogP contribution < -0.4 is 9.47 Å². The van der Waals surface area contributed by atoms with Crippen molar-refractivity contribution in [2.24, 2.45) is 0 Å². The molecule has 0 aromatic heterocycles. The molecule has 108 valence electrons. The monoisotopic (exact) mass is 284 g/mol. The zero-order valence-electron chi connectivity index (χ0n) is 11.4. The normalized spacial score (nSPS) is 11.0. The van der Waals surface area contributed by atoms with E-state index < -0.39 is 5.97 Å². The van der Waals surface area contributed by atoms with E-state index in [-0.39, 0.29) is 18.6 Å². The van der Waals surface area contributed by atoms with E-state index in [2.05, 4.69) is 0 Å². The molecule has 2 aromatic carbocycles. The number of benzene rings is 2. The fourth-order valence-electron chi connectivity index (χ4n) is 1.65. The van der Waals surface area contributed by atoms with Crippen LogP contribution >= 0.6 is 0 Å². The van der Waals surface area contributed by atoms with E-state index in [1.165, 1.54) is 6.26 Å². The standard InChI is InChI=1S/C17H16O4/c18-17(19)14(13-21-16-9-5-2-6-10-16)11-12-20-15-7-3-1-4-8-15/h1-10,13H,11-12H2,(H,18,19). The Labute approximate surface area is 123 Å². The van der Waals surface area contributed by atoms with Gasteiger partial charge in [0, 0.05) is 6.42 Å². The number of carbonyl (C=O) groups is 1. The number of aliphatic carboxylic acids is 1. The average Bonchev–Trinajstić information content (AvgIpc) is 2.52. The molecule has 0 heterocycles. The highest BCUT2D eigenvalue weighted by atomic mass is 16.5. The molecular weight excluding hydrogens is 268 g/mol. The van der Waals surface area contributed by atoms with Crippen molar-refractivity contribution in [3.05, 3.63) is 72.5 Å². The van der Waals surface area contributed by atoms with Gasteiger partial charge in [0.25, 0.3) is 0 Å². The van der Waals surface area contributed by atoms with Crippen LogP contribution in [0.5, 0.6) is 11.5 Å². The van der Waals surface area contributed by atoms with E-state index in [0.717, 1.165) is 0 Å². The van der Waals surface area contributed by atoms with E-state index >= 15 is 0 Å². The zero-order chi connectivity index (χ0) is 14.9. The van der Waals surface area contributed by atoms with Gasteiger partial charge < -0.3 is 14.6 Å². The second-order valence-corrected chi connectivity index (χ2v) is 4.29. The van der Waals surface area contributed by atoms with E-state index in [1.807, 2.05) is 48.5 Å². The van der Waals surface area contributed by atoms with Crippen molar-refractivity contribution in [1.82, 2.24) is 0 Å². The average molecular weight is 284 g/mol. The summed E-state index contributed by atoms with van der Waals surface area (Å²) in [5.41, 5.74) is 0.162. The number of rotatable bonds is 7. The van der Waals surface area contributed by atoms with Crippen LogP contribution in [0.15, 0.2) is 72.5 Å². The topological polar surface area (TPSA) is 55.8 Å². The number of hydrogen-bond acceptors (Lipinski definition) is 3. The highest BCUT2D eigenvalue weighted by Crippen LogP contribution is 2.13. The Bertz CT molecular complexity index is 591. The lowest BCUT2D eigenvalue weighted by Gasteiger charge is -2.07. The van der Waals surface area contributed by atoms with Crippen LogP contribution in [0, 0.1) is 0 Å². The molecule has 0 saturated carbocycles. The molecule has 1 N–H and O–H groups in total. The van der Waals surface area contributed by atoms with E-state index in [4.69, 9.17) is 14.6 Å². The van der Waals surface area contributed by atoms with Crippen LogP contribution in [0.2, 0.25) is 0 Å². The Hall–Kier alpha value is -2.75. The van der Waals surface area contributed by atoms with Crippen molar-refractivity contribution in [2.75, 3.05) is 6.61 Å². The SMILES string of the molecule is O=C(O)C(=COc1ccccc1)CCOc1ccccc1. The second-order valence-electron chi connectivity index (χ2n) is 4.29. The summed E-state index contributed by atoms with van der Waals surface area (Å²) in [6.07, 6.45) is 1.52. The fourth-order valence-corrected chi connectivity index (χ4v) is 1.65. The van der Waals surface area contributed by atoms with Crippen molar-refractivity contribution in [1.29, 1.82) is 0 Å². The maximum atomic E-state index is 11.2. The summed E-state index contributed by atoms with van der Waals surface area (Å²) in [7, 11) is 0. The first kappa shape index (κ1) is 14.7. The number of hydrogen-bond donors (Lipinski definition) is 1. The first-order valence-corrected chi connectivity index (χ1v) is 6.57. The molecule has 0 fully saturated rings. The molecule has 0 spiro atoms. The Kier molecular flexibility index (Phi) is 5.41. The van der Waals surface area contributed by atoms with Gasteiger partial charge in [0.05, 0.1) is 12.2 Å². The van der Waals surface area contributed by atoms with Gasteiger partial charge in [-0.3, -0.25) is 0 Å². The third-order valence-electron chi connectivity index (χ3n) is 2.74. The highest BCUT2D eigenvalue weighted by molar-refractivity contribution is 5.86. The van der Waals surface area contributed by atoms with Crippen molar-refractivity contribution in [3.8, 4) is 11.5 Å². The van der Waals surface area contributed by atoms with Gasteiger partial charge in [-0.25, -0.2) is 4.79 Å². The van der Waals surface area contributed by atoms with Crippen molar-refractivity contribution in [2.45, 2.75) is 6.42 Å². The molecule has 0 atom stereocenters. The first-order valence-electron chi connectivity index (χ1n) is 6.57. The smallest absolute Gasteiger partial charge is 0.334 e. The lowest BCUT2D eigenvalue weighted by Crippen LogP contribution is -2.07. The molecule has 4 nitrogen and oxygen atoms in total. The predicted octanol–water partition coefficient (Wildman–Crippen LogP) is 3.50. The molecule has 0 radical (unpaired) electrons. The van der Waals surface area contributed by atoms with Gasteiger partial charge in [0.15, 0.2) is 0 Å². The minimum absolute atomic E-state index is 0.162. The van der Waals surface area contributed by atoms with Crippen molar-refractivity contribution < 1.29 is 19.4 Å². The third kappa shape index (κ3) is 5.03. The lowest BCUT2D eigenvalue weighted by atomic mass is 10.2. The van der Waals surface area contributed by atoms with E-state index in [1.54, 1.807) is 12.1 Å². The van der Waals surface area contributed by atoms with Crippen LogP contribution in [0.1, 0.15) is 6.42 Å². The maximum Gasteiger partial charge on any atom is 0.334 e. The number of carboxylic acid groups (broad SMARTS) is 1. The molecule has 21 heavy (non-hydrogen) atoms. The summed E-state index contributed by atoms with van der Waals surface area (Å²) in [4.78, 5) is 11.2. The molecular formula is C17H16O4. The van der Waals surface area contributed by atoms with Crippen LogP contribution in [0.25, 0.3) is 0 Å². The first-order chi connectivity index (χ1) is 10.3. The molecule has 2 rings (SSSR count). The molecule has 0 unspecified atom stereocenters. The summed E-state index contributed by atoms with van der Waals surface area (Å²) in [5.74, 6) is 0.300. The highest BCUT2D eigenvalue weighted by Gasteiger charge is 2.08. The second kappa shape index (κ2) is 7.75. The van der Waals surface area contributed by atoms with Gasteiger partial charge in [0.1, 0.15) is 17.8 Å². The molecule has 0 bridgehead atoms. The Morgan fingerprint density at radius 1 is 0.952 bits per heavy atom. The van der Waals surface area contributed by atoms with E-state index in [0.29, 0.717) is 11.5 Å². The molecule has 0 aliphatic carbocycles. The lowest BCUT2D eigenvalue weighted by molar-refractivity contribution is -0.133. The van der Waals surface area contributed by atoms with Crippen LogP contribution in [-0.4, -0.2) is 17.7 Å². The third-order valence-corrected chi connectivity index (χ3v) is 2.74. The number of para-hydroxylation sites is 2. The maximum absolute atomic E-state index is 11.2. The predicted molar refractivity (Wildman–Crippen MR) is 79.3 cm³/mol. The van der Waals surface area contributed by atoms with Gasteiger partial charge in [-0.2, -0.15) is 0 Å². The number of carboxylic acids is 1. The fraction of sp³-hybridized carbons (Fsp3) is 0.118. The molecule has 0 amide bonds. The molecule has 0 saturated heterocycles. The summed E-state index contributed by atoms with van der Waals surface area (Å²) >= 11 is 0. The minimum atomic E-state index is -1.01. The van der Waals surface area contributed by atoms with Crippen LogP contribution in [-0.2, 0) is 4.79 Å². The van der Waals surface area contributed by atoms with Crippen LogP contribution in [0.3, 0.4) is 0 Å². The van der Waals surface area contributed by atoms with Gasteiger partial charge in [-0.15, -0.1) is 0 Å². The van der Waals surface area contributed by atoms with Gasteiger partial charge in [0.2, 0.25) is 0 Å². The van der Waals surface area contributed by atoms with Gasteiger partial charge in [-0.05, 0) is 24.3 Å². The molecule has 0 aliphatic heterocycles. The number of ether oxygens (including phenoxy) is 2. The zero-order valence-corrected chi connectivity index (χ0v) is 11.4. The summed E-state index contributed by atoms with van der Waals surface area (Å²) < 4.78 is 10.8. The van der Waals surface area contributed by atoms with E-state index in [9.17, 15) is 4.79 Å². The molecule has 0 aliphatic rings. The Morgan fingerprint density at radius 2 is 1.52 bits per heavy atom. The van der Waals surface area contributed by atoms with Gasteiger partial charge >= 0.3 is 5.97 Å². The molecule has 4 heteroatoms. The van der Waals surface area contributed by atoms with Crippen molar-refractivity contribution >= 4 is 5.97 Å². The Morgan fingerprint density at radius 3 is 2.10 bits per heavy atom. The quantitative estimate of drug-likeness (QED) is 0.624. The largest absolute Gasteiger partial charge is 0.493 e. The molecule has 2 aromatic rings. The summed E-state index contributed by atoms with van der Waals surface area (Å²) in [6.45, 7) is 0.278.